The molecule has 21 heavy (non-hydrogen) atoms. The van der Waals surface area contributed by atoms with Gasteiger partial charge in [-0.25, -0.2) is 0 Å². The molecule has 1 fully saturated rings. The first-order chi connectivity index (χ1) is 9.99. The Kier molecular flexibility index (Phi) is 5.46. The second kappa shape index (κ2) is 6.94. The van der Waals surface area contributed by atoms with Crippen LogP contribution in [-0.2, 0) is 11.3 Å². The van der Waals surface area contributed by atoms with Gasteiger partial charge in [-0.2, -0.15) is 5.10 Å². The summed E-state index contributed by atoms with van der Waals surface area (Å²) in [5.74, 6) is -0.0516. The molecule has 0 spiro atoms. The quantitative estimate of drug-likeness (QED) is 0.601. The van der Waals surface area contributed by atoms with Crippen LogP contribution in [-0.4, -0.2) is 31.5 Å². The second-order valence-electron chi connectivity index (χ2n) is 4.79. The lowest BCUT2D eigenvalue weighted by Gasteiger charge is -2.09. The smallest absolute Gasteiger partial charge is 0.266 e. The number of likely N-dealkylation sites (N-methyl/N-ethyl adjacent to an activating group) is 1. The molecule has 0 atom stereocenters. The van der Waals surface area contributed by atoms with Crippen molar-refractivity contribution in [3.05, 3.63) is 21.3 Å². The van der Waals surface area contributed by atoms with Crippen LogP contribution >= 0.6 is 35.6 Å². The third-order valence-corrected chi connectivity index (χ3v) is 5.07. The number of aromatic nitrogens is 2. The number of carbonyl (C=O) groups is 1. The van der Waals surface area contributed by atoms with E-state index in [9.17, 15) is 4.79 Å². The first kappa shape index (κ1) is 16.5. The van der Waals surface area contributed by atoms with Crippen molar-refractivity contribution >= 4 is 51.9 Å². The highest BCUT2D eigenvalue weighted by Crippen LogP contribution is 2.34. The Bertz CT molecular complexity index is 610. The molecule has 0 N–H and O–H groups in total. The van der Waals surface area contributed by atoms with Crippen LogP contribution < -0.4 is 0 Å². The number of halogens is 1. The van der Waals surface area contributed by atoms with Crippen LogP contribution in [0.15, 0.2) is 4.91 Å². The highest BCUT2D eigenvalue weighted by atomic mass is 35.5. The summed E-state index contributed by atoms with van der Waals surface area (Å²) < 4.78 is 2.40. The average molecular weight is 344 g/mol. The summed E-state index contributed by atoms with van der Waals surface area (Å²) in [7, 11) is 0. The Morgan fingerprint density at radius 2 is 2.14 bits per heavy atom. The van der Waals surface area contributed by atoms with Crippen molar-refractivity contribution in [3.63, 3.8) is 0 Å². The number of thioether (sulfide) groups is 1. The van der Waals surface area contributed by atoms with Crippen molar-refractivity contribution < 1.29 is 4.79 Å². The molecule has 114 valence electrons. The fraction of sp³-hybridized carbons (Fsp3) is 0.500. The monoisotopic (exact) mass is 343 g/mol. The molecule has 0 radical (unpaired) electrons. The average Bonchev–Trinajstić information content (AvgIpc) is 2.87. The molecule has 2 heterocycles. The van der Waals surface area contributed by atoms with Crippen LogP contribution in [0.5, 0.6) is 0 Å². The summed E-state index contributed by atoms with van der Waals surface area (Å²) in [5, 5.41) is 5.03. The summed E-state index contributed by atoms with van der Waals surface area (Å²) in [6.07, 6.45) is 3.92. The predicted octanol–water partition coefficient (Wildman–Crippen LogP) is 3.87. The molecule has 0 unspecified atom stereocenters. The lowest BCUT2D eigenvalue weighted by atomic mass is 10.2. The Labute approximate surface area is 139 Å². The Balaban J connectivity index is 2.31. The highest BCUT2D eigenvalue weighted by Gasteiger charge is 2.31. The molecule has 1 saturated heterocycles. The minimum Gasteiger partial charge on any atom is -0.293 e. The van der Waals surface area contributed by atoms with Crippen molar-refractivity contribution in [2.75, 3.05) is 6.54 Å². The van der Waals surface area contributed by atoms with Gasteiger partial charge in [-0.15, -0.1) is 0 Å². The predicted molar refractivity (Wildman–Crippen MR) is 92.4 cm³/mol. The Morgan fingerprint density at radius 3 is 2.71 bits per heavy atom. The normalized spacial score (nSPS) is 17.3. The zero-order chi connectivity index (χ0) is 15.6. The van der Waals surface area contributed by atoms with Gasteiger partial charge >= 0.3 is 0 Å². The number of hydrogen-bond donors (Lipinski definition) is 0. The van der Waals surface area contributed by atoms with Crippen molar-refractivity contribution in [1.82, 2.24) is 14.7 Å². The summed E-state index contributed by atoms with van der Waals surface area (Å²) in [6, 6.07) is 0. The number of unbranched alkanes of at least 4 members (excludes halogenated alkanes) is 1. The van der Waals surface area contributed by atoms with E-state index in [1.165, 1.54) is 11.8 Å². The highest BCUT2D eigenvalue weighted by molar-refractivity contribution is 8.26. The van der Waals surface area contributed by atoms with E-state index in [-0.39, 0.29) is 5.91 Å². The van der Waals surface area contributed by atoms with Gasteiger partial charge in [-0.3, -0.25) is 14.4 Å². The van der Waals surface area contributed by atoms with Crippen LogP contribution in [0.3, 0.4) is 0 Å². The van der Waals surface area contributed by atoms with Gasteiger partial charge in [0, 0.05) is 18.7 Å². The molecule has 0 aliphatic carbocycles. The number of aryl methyl sites for hydroxylation is 2. The van der Waals surface area contributed by atoms with Crippen LogP contribution in [0.25, 0.3) is 6.08 Å². The number of nitrogens with zero attached hydrogens (tertiary/aromatic N) is 3. The maximum Gasteiger partial charge on any atom is 0.266 e. The Morgan fingerprint density at radius 1 is 1.43 bits per heavy atom. The maximum atomic E-state index is 12.2. The molecule has 1 aromatic heterocycles. The third kappa shape index (κ3) is 3.33. The second-order valence-corrected chi connectivity index (χ2v) is 6.83. The molecule has 1 amide bonds. The molecule has 4 nitrogen and oxygen atoms in total. The molecule has 7 heteroatoms. The molecule has 2 rings (SSSR count). The summed E-state index contributed by atoms with van der Waals surface area (Å²) >= 11 is 12.9. The molecule has 1 aliphatic heterocycles. The summed E-state index contributed by atoms with van der Waals surface area (Å²) in [6.45, 7) is 7.32. The van der Waals surface area contributed by atoms with E-state index in [2.05, 4.69) is 12.0 Å². The van der Waals surface area contributed by atoms with Gasteiger partial charge in [-0.05, 0) is 26.3 Å². The topological polar surface area (TPSA) is 38.1 Å². The van der Waals surface area contributed by atoms with Gasteiger partial charge < -0.3 is 0 Å². The van der Waals surface area contributed by atoms with Gasteiger partial charge in [0.25, 0.3) is 5.91 Å². The summed E-state index contributed by atoms with van der Waals surface area (Å²) in [4.78, 5) is 14.4. The van der Waals surface area contributed by atoms with Crippen molar-refractivity contribution in [1.29, 1.82) is 0 Å². The standard InChI is InChI=1S/C14H18ClN3OS2/c1-4-6-7-18-12(15)10(9(3)16-18)8-11-13(19)17(5-2)14(20)21-11/h8H,4-7H2,1-3H3/b11-8-. The summed E-state index contributed by atoms with van der Waals surface area (Å²) in [5.41, 5.74) is 1.64. The fourth-order valence-corrected chi connectivity index (χ4v) is 3.77. The molecule has 1 aromatic rings. The number of rotatable bonds is 5. The molecule has 0 saturated carbocycles. The maximum absolute atomic E-state index is 12.2. The zero-order valence-corrected chi connectivity index (χ0v) is 14.7. The lowest BCUT2D eigenvalue weighted by molar-refractivity contribution is -0.121. The van der Waals surface area contributed by atoms with Gasteiger partial charge in [0.2, 0.25) is 0 Å². The van der Waals surface area contributed by atoms with Crippen molar-refractivity contribution in [2.45, 2.75) is 40.2 Å². The van der Waals surface area contributed by atoms with Gasteiger partial charge in [0.15, 0.2) is 0 Å². The number of hydrogen-bond acceptors (Lipinski definition) is 4. The van der Waals surface area contributed by atoms with E-state index in [0.29, 0.717) is 20.9 Å². The molecular weight excluding hydrogens is 326 g/mol. The van der Waals surface area contributed by atoms with Crippen LogP contribution in [0.4, 0.5) is 0 Å². The van der Waals surface area contributed by atoms with Crippen molar-refractivity contribution in [2.24, 2.45) is 0 Å². The first-order valence-electron chi connectivity index (χ1n) is 6.97. The largest absolute Gasteiger partial charge is 0.293 e. The minimum atomic E-state index is -0.0516. The van der Waals surface area contributed by atoms with E-state index in [0.717, 1.165) is 30.6 Å². The minimum absolute atomic E-state index is 0.0516. The number of thiocarbonyl (C=S) groups is 1. The van der Waals surface area contributed by atoms with Crippen LogP contribution in [0.1, 0.15) is 37.9 Å². The molecule has 0 aromatic carbocycles. The van der Waals surface area contributed by atoms with Crippen LogP contribution in [0, 0.1) is 6.92 Å². The van der Waals surface area contributed by atoms with E-state index >= 15 is 0 Å². The number of amides is 1. The van der Waals surface area contributed by atoms with E-state index < -0.39 is 0 Å². The Hall–Kier alpha value is -0.850. The molecular formula is C14H18ClN3OS2. The molecule has 0 bridgehead atoms. The van der Waals surface area contributed by atoms with Gasteiger partial charge in [-0.1, -0.05) is 48.9 Å². The van der Waals surface area contributed by atoms with E-state index in [4.69, 9.17) is 23.8 Å². The number of carbonyl (C=O) groups excluding carboxylic acids is 1. The molecule has 1 aliphatic rings. The first-order valence-corrected chi connectivity index (χ1v) is 8.58. The van der Waals surface area contributed by atoms with Crippen LogP contribution in [0.2, 0.25) is 5.15 Å². The lowest BCUT2D eigenvalue weighted by Crippen LogP contribution is -2.27. The van der Waals surface area contributed by atoms with Crippen molar-refractivity contribution in [3.8, 4) is 0 Å². The fourth-order valence-electron chi connectivity index (χ4n) is 2.09. The third-order valence-electron chi connectivity index (χ3n) is 3.30. The van der Waals surface area contributed by atoms with E-state index in [1.807, 2.05) is 19.9 Å². The van der Waals surface area contributed by atoms with Gasteiger partial charge in [0.05, 0.1) is 10.6 Å². The SMILES string of the molecule is CCCCn1nc(C)c(/C=C2\SC(=S)N(CC)C2=O)c1Cl. The van der Waals surface area contributed by atoms with E-state index in [1.54, 1.807) is 9.58 Å². The zero-order valence-electron chi connectivity index (χ0n) is 12.4. The van der Waals surface area contributed by atoms with Gasteiger partial charge in [0.1, 0.15) is 9.47 Å².